The summed E-state index contributed by atoms with van der Waals surface area (Å²) in [6.45, 7) is 0.990. The first-order valence-corrected chi connectivity index (χ1v) is 9.52. The van der Waals surface area contributed by atoms with Gasteiger partial charge in [-0.25, -0.2) is 13.2 Å². The van der Waals surface area contributed by atoms with Gasteiger partial charge in [0.15, 0.2) is 5.76 Å². The Labute approximate surface area is 150 Å². The second-order valence-corrected chi connectivity index (χ2v) is 7.79. The molecule has 1 fully saturated rings. The Hall–Kier alpha value is -2.65. The predicted molar refractivity (Wildman–Crippen MR) is 91.3 cm³/mol. The number of nitrogens with zero attached hydrogens (tertiary/aromatic N) is 1. The molecular formula is C17H18N2O6S. The summed E-state index contributed by atoms with van der Waals surface area (Å²) in [5.41, 5.74) is 0.725. The molecule has 9 heteroatoms. The Balaban J connectivity index is 1.67. The van der Waals surface area contributed by atoms with E-state index in [0.717, 1.165) is 12.8 Å². The maximum Gasteiger partial charge on any atom is 0.335 e. The number of aromatic carboxylic acids is 1. The fourth-order valence-corrected chi connectivity index (χ4v) is 4.15. The molecule has 1 aromatic heterocycles. The molecule has 1 aliphatic heterocycles. The van der Waals surface area contributed by atoms with Crippen LogP contribution in [0.1, 0.15) is 39.3 Å². The van der Waals surface area contributed by atoms with Gasteiger partial charge in [0.25, 0.3) is 15.9 Å². The van der Waals surface area contributed by atoms with Gasteiger partial charge in [-0.3, -0.25) is 4.79 Å². The van der Waals surface area contributed by atoms with E-state index in [1.165, 1.54) is 28.6 Å². The van der Waals surface area contributed by atoms with E-state index < -0.39 is 21.9 Å². The molecule has 1 amide bonds. The highest BCUT2D eigenvalue weighted by molar-refractivity contribution is 7.89. The van der Waals surface area contributed by atoms with Crippen molar-refractivity contribution in [2.75, 3.05) is 13.1 Å². The van der Waals surface area contributed by atoms with E-state index in [4.69, 9.17) is 9.52 Å². The number of hydrogen-bond acceptors (Lipinski definition) is 5. The van der Waals surface area contributed by atoms with Crippen molar-refractivity contribution in [2.24, 2.45) is 0 Å². The lowest BCUT2D eigenvalue weighted by Gasteiger charge is -2.12. The van der Waals surface area contributed by atoms with Gasteiger partial charge in [-0.15, -0.1) is 0 Å². The third kappa shape index (κ3) is 3.78. The molecule has 3 rings (SSSR count). The average Bonchev–Trinajstić information content (AvgIpc) is 3.31. The number of benzene rings is 1. The van der Waals surface area contributed by atoms with E-state index in [9.17, 15) is 18.0 Å². The van der Waals surface area contributed by atoms with Crippen LogP contribution in [-0.4, -0.2) is 42.8 Å². The van der Waals surface area contributed by atoms with Crippen molar-refractivity contribution in [3.8, 4) is 0 Å². The van der Waals surface area contributed by atoms with Crippen molar-refractivity contribution in [3.63, 3.8) is 0 Å². The van der Waals surface area contributed by atoms with Crippen molar-refractivity contribution in [1.29, 1.82) is 0 Å². The van der Waals surface area contributed by atoms with Gasteiger partial charge < -0.3 is 14.8 Å². The number of carbonyl (C=O) groups is 2. The highest BCUT2D eigenvalue weighted by Crippen LogP contribution is 2.22. The molecule has 1 aromatic carbocycles. The summed E-state index contributed by atoms with van der Waals surface area (Å²) in [7, 11) is -3.71. The van der Waals surface area contributed by atoms with Gasteiger partial charge in [-0.05, 0) is 42.7 Å². The summed E-state index contributed by atoms with van der Waals surface area (Å²) in [4.78, 5) is 23.1. The van der Waals surface area contributed by atoms with Crippen molar-refractivity contribution in [1.82, 2.24) is 9.62 Å². The van der Waals surface area contributed by atoms with E-state index in [0.29, 0.717) is 18.7 Å². The number of amides is 1. The standard InChI is InChI=1S/C17H18N2O6S/c20-16(18-11-12-4-3-5-13(10-12)17(21)22)14-6-7-15(25-14)26(23,24)19-8-1-2-9-19/h3-7,10H,1-2,8-9,11H2,(H,18,20)(H,21,22). The molecule has 2 aromatic rings. The summed E-state index contributed by atoms with van der Waals surface area (Å²) >= 11 is 0. The van der Waals surface area contributed by atoms with Crippen LogP contribution in [-0.2, 0) is 16.6 Å². The number of nitrogens with one attached hydrogen (secondary N) is 1. The van der Waals surface area contributed by atoms with Crippen LogP contribution in [0.2, 0.25) is 0 Å². The molecule has 8 nitrogen and oxygen atoms in total. The van der Waals surface area contributed by atoms with Crippen molar-refractivity contribution in [2.45, 2.75) is 24.5 Å². The third-order valence-electron chi connectivity index (χ3n) is 4.09. The summed E-state index contributed by atoms with van der Waals surface area (Å²) < 4.78 is 31.4. The molecule has 0 bridgehead atoms. The van der Waals surface area contributed by atoms with E-state index >= 15 is 0 Å². The minimum atomic E-state index is -3.71. The van der Waals surface area contributed by atoms with Gasteiger partial charge in [-0.1, -0.05) is 12.1 Å². The van der Waals surface area contributed by atoms with E-state index in [1.807, 2.05) is 0 Å². The van der Waals surface area contributed by atoms with Gasteiger partial charge in [0.2, 0.25) is 5.09 Å². The molecule has 0 spiro atoms. The minimum absolute atomic E-state index is 0.0921. The second kappa shape index (κ2) is 7.30. The van der Waals surface area contributed by atoms with Crippen LogP contribution in [0.5, 0.6) is 0 Å². The minimum Gasteiger partial charge on any atom is -0.478 e. The van der Waals surface area contributed by atoms with E-state index in [2.05, 4.69) is 5.32 Å². The average molecular weight is 378 g/mol. The Morgan fingerprint density at radius 2 is 1.88 bits per heavy atom. The lowest BCUT2D eigenvalue weighted by atomic mass is 10.1. The zero-order chi connectivity index (χ0) is 18.7. The normalized spacial score (nSPS) is 15.1. The largest absolute Gasteiger partial charge is 0.478 e. The fraction of sp³-hybridized carbons (Fsp3) is 0.294. The van der Waals surface area contributed by atoms with Gasteiger partial charge in [-0.2, -0.15) is 4.31 Å². The molecule has 2 N–H and O–H groups in total. The van der Waals surface area contributed by atoms with Crippen LogP contribution < -0.4 is 5.32 Å². The van der Waals surface area contributed by atoms with Crippen LogP contribution >= 0.6 is 0 Å². The lowest BCUT2D eigenvalue weighted by molar-refractivity contribution is 0.0696. The predicted octanol–water partition coefficient (Wildman–Crippen LogP) is 1.69. The molecule has 0 atom stereocenters. The zero-order valence-corrected chi connectivity index (χ0v) is 14.7. The monoisotopic (exact) mass is 378 g/mol. The van der Waals surface area contributed by atoms with E-state index in [-0.39, 0.29) is 23.0 Å². The van der Waals surface area contributed by atoms with Gasteiger partial charge in [0, 0.05) is 19.6 Å². The summed E-state index contributed by atoms with van der Waals surface area (Å²) in [6.07, 6.45) is 1.62. The van der Waals surface area contributed by atoms with Gasteiger partial charge >= 0.3 is 5.97 Å². The number of sulfonamides is 1. The van der Waals surface area contributed by atoms with Gasteiger partial charge in [0.05, 0.1) is 5.56 Å². The SMILES string of the molecule is O=C(O)c1cccc(CNC(=O)c2ccc(S(=O)(=O)N3CCCC3)o2)c1. The smallest absolute Gasteiger partial charge is 0.335 e. The first kappa shape index (κ1) is 18.2. The Kier molecular flexibility index (Phi) is 5.10. The number of carbonyl (C=O) groups excluding carboxylic acids is 1. The van der Waals surface area contributed by atoms with Crippen molar-refractivity contribution >= 4 is 21.9 Å². The fourth-order valence-electron chi connectivity index (χ4n) is 2.72. The summed E-state index contributed by atoms with van der Waals surface area (Å²) in [6, 6.07) is 8.75. The Morgan fingerprint density at radius 3 is 2.58 bits per heavy atom. The second-order valence-electron chi connectivity index (χ2n) is 5.92. The zero-order valence-electron chi connectivity index (χ0n) is 13.8. The van der Waals surface area contributed by atoms with Crippen LogP contribution in [0.25, 0.3) is 0 Å². The van der Waals surface area contributed by atoms with Crippen molar-refractivity contribution in [3.05, 3.63) is 53.3 Å². The molecule has 0 aliphatic carbocycles. The maximum absolute atomic E-state index is 12.4. The van der Waals surface area contributed by atoms with Gasteiger partial charge in [0.1, 0.15) is 0 Å². The Morgan fingerprint density at radius 1 is 1.15 bits per heavy atom. The summed E-state index contributed by atoms with van der Waals surface area (Å²) in [5.74, 6) is -1.74. The number of furan rings is 1. The Bertz CT molecular complexity index is 928. The number of carboxylic acids is 1. The highest BCUT2D eigenvalue weighted by atomic mass is 32.2. The first-order valence-electron chi connectivity index (χ1n) is 8.08. The summed E-state index contributed by atoms with van der Waals surface area (Å²) in [5, 5.41) is 11.3. The first-order chi connectivity index (χ1) is 12.4. The molecule has 138 valence electrons. The maximum atomic E-state index is 12.4. The molecule has 0 saturated carbocycles. The molecule has 1 aliphatic rings. The number of carboxylic acid groups (broad SMARTS) is 1. The molecule has 2 heterocycles. The highest BCUT2D eigenvalue weighted by Gasteiger charge is 2.30. The molecular weight excluding hydrogens is 360 g/mol. The lowest BCUT2D eigenvalue weighted by Crippen LogP contribution is -2.27. The molecule has 0 unspecified atom stereocenters. The van der Waals surface area contributed by atoms with Crippen LogP contribution in [0.4, 0.5) is 0 Å². The molecule has 26 heavy (non-hydrogen) atoms. The third-order valence-corrected chi connectivity index (χ3v) is 5.86. The van der Waals surface area contributed by atoms with E-state index in [1.54, 1.807) is 12.1 Å². The topological polar surface area (TPSA) is 117 Å². The van der Waals surface area contributed by atoms with Crippen LogP contribution in [0, 0.1) is 0 Å². The van der Waals surface area contributed by atoms with Crippen molar-refractivity contribution < 1.29 is 27.5 Å². The quantitative estimate of drug-likeness (QED) is 0.790. The molecule has 1 saturated heterocycles. The number of hydrogen-bond donors (Lipinski definition) is 2. The van der Waals surface area contributed by atoms with Crippen LogP contribution in [0.3, 0.4) is 0 Å². The van der Waals surface area contributed by atoms with Crippen LogP contribution in [0.15, 0.2) is 45.9 Å². The number of rotatable bonds is 6. The molecule has 0 radical (unpaired) electrons.